The van der Waals surface area contributed by atoms with Crippen molar-refractivity contribution >= 4 is 34.3 Å². The molecule has 0 aliphatic carbocycles. The van der Waals surface area contributed by atoms with Gasteiger partial charge in [-0.25, -0.2) is 14.6 Å². The van der Waals surface area contributed by atoms with Crippen LogP contribution in [0.25, 0.3) is 11.3 Å². The van der Waals surface area contributed by atoms with Crippen molar-refractivity contribution in [3.8, 4) is 0 Å². The summed E-state index contributed by atoms with van der Waals surface area (Å²) in [7, 11) is 0. The molecule has 0 radical (unpaired) electrons. The fraction of sp³-hybridized carbons (Fsp3) is 0.556. The van der Waals surface area contributed by atoms with Gasteiger partial charge in [-0.3, -0.25) is 0 Å². The van der Waals surface area contributed by atoms with Crippen molar-refractivity contribution in [2.45, 2.75) is 31.8 Å². The number of thiophene rings is 1. The zero-order valence-electron chi connectivity index (χ0n) is 15.0. The molecule has 8 nitrogen and oxygen atoms in total. The van der Waals surface area contributed by atoms with Crippen molar-refractivity contribution in [2.24, 2.45) is 5.92 Å². The lowest BCUT2D eigenvalue weighted by molar-refractivity contribution is 0.0961. The highest BCUT2D eigenvalue weighted by atomic mass is 32.1. The summed E-state index contributed by atoms with van der Waals surface area (Å²) >= 11 is 1.63. The third kappa shape index (κ3) is 3.14. The molecule has 3 aromatic heterocycles. The van der Waals surface area contributed by atoms with E-state index in [0.29, 0.717) is 11.3 Å². The van der Waals surface area contributed by atoms with Crippen LogP contribution in [0.2, 0.25) is 0 Å². The van der Waals surface area contributed by atoms with Gasteiger partial charge in [-0.2, -0.15) is 0 Å². The monoisotopic (exact) mass is 386 g/mol. The van der Waals surface area contributed by atoms with Gasteiger partial charge in [-0.15, -0.1) is 11.3 Å². The average Bonchev–Trinajstić information content (AvgIpc) is 3.48. The first-order chi connectivity index (χ1) is 13.3. The highest BCUT2D eigenvalue weighted by molar-refractivity contribution is 7.10. The second kappa shape index (κ2) is 7.05. The van der Waals surface area contributed by atoms with E-state index in [1.165, 1.54) is 12.8 Å². The number of fused-ring (bicyclic) bond motifs is 1. The molecule has 0 spiro atoms. The van der Waals surface area contributed by atoms with Gasteiger partial charge in [0.25, 0.3) is 0 Å². The summed E-state index contributed by atoms with van der Waals surface area (Å²) < 4.78 is 4.82. The lowest BCUT2D eigenvalue weighted by Crippen LogP contribution is -2.37. The molecule has 27 heavy (non-hydrogen) atoms. The van der Waals surface area contributed by atoms with Crippen LogP contribution in [0.15, 0.2) is 22.1 Å². The van der Waals surface area contributed by atoms with Crippen molar-refractivity contribution in [3.05, 3.63) is 22.4 Å². The van der Waals surface area contributed by atoms with Crippen LogP contribution in [-0.4, -0.2) is 51.6 Å². The Morgan fingerprint density at radius 1 is 1.00 bits per heavy atom. The first kappa shape index (κ1) is 16.9. The molecule has 1 atom stereocenters. The summed E-state index contributed by atoms with van der Waals surface area (Å²) in [5.41, 5.74) is 0.914. The summed E-state index contributed by atoms with van der Waals surface area (Å²) in [5, 5.41) is 20.4. The van der Waals surface area contributed by atoms with E-state index in [0.717, 1.165) is 55.5 Å². The van der Waals surface area contributed by atoms with Crippen LogP contribution in [0.4, 0.5) is 11.6 Å². The molecule has 5 rings (SSSR count). The van der Waals surface area contributed by atoms with Crippen LogP contribution in [0, 0.1) is 5.92 Å². The van der Waals surface area contributed by atoms with E-state index in [1.54, 1.807) is 11.3 Å². The Morgan fingerprint density at radius 3 is 2.22 bits per heavy atom. The molecule has 142 valence electrons. The maximum atomic E-state index is 10.7. The van der Waals surface area contributed by atoms with Gasteiger partial charge >= 0.3 is 0 Å². The minimum absolute atomic E-state index is 0.278. The lowest BCUT2D eigenvalue weighted by Gasteiger charge is -2.36. The minimum atomic E-state index is -0.376. The van der Waals surface area contributed by atoms with Crippen LogP contribution < -0.4 is 9.80 Å². The van der Waals surface area contributed by atoms with Gasteiger partial charge in [0.1, 0.15) is 0 Å². The molecule has 2 aliphatic rings. The molecule has 0 bridgehead atoms. The van der Waals surface area contributed by atoms with Gasteiger partial charge in [-0.1, -0.05) is 6.07 Å². The zero-order valence-corrected chi connectivity index (χ0v) is 15.8. The molecule has 3 aromatic rings. The largest absolute Gasteiger partial charge is 0.387 e. The molecule has 2 saturated heterocycles. The number of rotatable bonds is 4. The molecule has 5 heterocycles. The molecule has 2 aliphatic heterocycles. The van der Waals surface area contributed by atoms with Gasteiger partial charge in [0.2, 0.25) is 11.3 Å². The number of aliphatic hydroxyl groups excluding tert-OH is 1. The first-order valence-corrected chi connectivity index (χ1v) is 10.4. The fourth-order valence-corrected chi connectivity index (χ4v) is 4.90. The van der Waals surface area contributed by atoms with Crippen LogP contribution in [0.1, 0.15) is 36.7 Å². The van der Waals surface area contributed by atoms with Gasteiger partial charge in [0.15, 0.2) is 11.6 Å². The van der Waals surface area contributed by atoms with Crippen molar-refractivity contribution in [2.75, 3.05) is 36.0 Å². The van der Waals surface area contributed by atoms with Crippen LogP contribution in [0.3, 0.4) is 0 Å². The minimum Gasteiger partial charge on any atom is -0.387 e. The highest BCUT2D eigenvalue weighted by Gasteiger charge is 2.30. The number of nitrogens with zero attached hydrogens (tertiary/aromatic N) is 6. The molecule has 0 aromatic carbocycles. The Labute approximate surface area is 160 Å². The van der Waals surface area contributed by atoms with E-state index >= 15 is 0 Å². The number of piperidine rings is 1. The fourth-order valence-electron chi connectivity index (χ4n) is 4.09. The van der Waals surface area contributed by atoms with Crippen LogP contribution >= 0.6 is 11.3 Å². The normalized spacial score (nSPS) is 19.9. The van der Waals surface area contributed by atoms with E-state index in [-0.39, 0.29) is 12.0 Å². The SMILES string of the molecule is OC(c1cccs1)C1CCN(c2nc3nonc3nc2N2CCCC2)CC1. The topological polar surface area (TPSA) is 91.4 Å². The van der Waals surface area contributed by atoms with E-state index in [2.05, 4.69) is 20.1 Å². The smallest absolute Gasteiger partial charge is 0.245 e. The highest BCUT2D eigenvalue weighted by Crippen LogP contribution is 2.36. The average molecular weight is 386 g/mol. The number of anilines is 2. The molecule has 1 unspecified atom stereocenters. The van der Waals surface area contributed by atoms with E-state index in [4.69, 9.17) is 14.6 Å². The number of aromatic nitrogens is 4. The molecular formula is C18H22N6O2S. The Kier molecular flexibility index (Phi) is 4.41. The third-order valence-electron chi connectivity index (χ3n) is 5.60. The maximum absolute atomic E-state index is 10.7. The summed E-state index contributed by atoms with van der Waals surface area (Å²) in [6.07, 6.45) is 3.82. The lowest BCUT2D eigenvalue weighted by atomic mass is 9.90. The maximum Gasteiger partial charge on any atom is 0.245 e. The molecule has 2 fully saturated rings. The zero-order chi connectivity index (χ0) is 18.2. The van der Waals surface area contributed by atoms with Crippen LogP contribution in [0.5, 0.6) is 0 Å². The van der Waals surface area contributed by atoms with Gasteiger partial charge < -0.3 is 14.9 Å². The third-order valence-corrected chi connectivity index (χ3v) is 6.55. The summed E-state index contributed by atoms with van der Waals surface area (Å²) in [6, 6.07) is 4.02. The van der Waals surface area contributed by atoms with Crippen molar-refractivity contribution in [3.63, 3.8) is 0 Å². The Hall–Kier alpha value is -2.26. The van der Waals surface area contributed by atoms with E-state index < -0.39 is 0 Å². The Morgan fingerprint density at radius 2 is 1.63 bits per heavy atom. The number of aliphatic hydroxyl groups is 1. The Balaban J connectivity index is 1.38. The van der Waals surface area contributed by atoms with Crippen molar-refractivity contribution in [1.82, 2.24) is 20.3 Å². The van der Waals surface area contributed by atoms with E-state index in [1.807, 2.05) is 17.5 Å². The second-order valence-corrected chi connectivity index (χ2v) is 8.24. The summed E-state index contributed by atoms with van der Waals surface area (Å²) in [4.78, 5) is 15.0. The quantitative estimate of drug-likeness (QED) is 0.732. The van der Waals surface area contributed by atoms with Gasteiger partial charge in [0.05, 0.1) is 6.10 Å². The van der Waals surface area contributed by atoms with Gasteiger partial charge in [0, 0.05) is 31.1 Å². The standard InChI is InChI=1S/C18H22N6O2S/c25-14(13-4-3-11-27-13)12-5-9-24(10-6-12)18-17(23-7-1-2-8-23)19-15-16(20-18)22-26-21-15/h3-4,11-12,14,25H,1-2,5-10H2. The van der Waals surface area contributed by atoms with Crippen LogP contribution in [-0.2, 0) is 0 Å². The number of hydrogen-bond acceptors (Lipinski definition) is 9. The second-order valence-electron chi connectivity index (χ2n) is 7.26. The molecule has 0 saturated carbocycles. The van der Waals surface area contributed by atoms with Crippen molar-refractivity contribution in [1.29, 1.82) is 0 Å². The molecule has 0 amide bonds. The predicted molar refractivity (Wildman–Crippen MR) is 103 cm³/mol. The Bertz CT molecular complexity index is 900. The van der Waals surface area contributed by atoms with Crippen molar-refractivity contribution < 1.29 is 9.74 Å². The summed E-state index contributed by atoms with van der Waals surface area (Å²) in [6.45, 7) is 3.68. The molecular weight excluding hydrogens is 364 g/mol. The molecule has 1 N–H and O–H groups in total. The number of hydrogen-bond donors (Lipinski definition) is 1. The predicted octanol–water partition coefficient (Wildman–Crippen LogP) is 2.62. The molecule has 9 heteroatoms. The van der Waals surface area contributed by atoms with E-state index in [9.17, 15) is 5.11 Å². The summed E-state index contributed by atoms with van der Waals surface area (Å²) in [5.74, 6) is 2.03. The first-order valence-electron chi connectivity index (χ1n) is 9.51. The van der Waals surface area contributed by atoms with Gasteiger partial charge in [-0.05, 0) is 53.4 Å².